The van der Waals surface area contributed by atoms with Gasteiger partial charge in [-0.3, -0.25) is 4.90 Å². The van der Waals surface area contributed by atoms with Gasteiger partial charge in [0, 0.05) is 24.8 Å². The predicted molar refractivity (Wildman–Crippen MR) is 205 cm³/mol. The van der Waals surface area contributed by atoms with Gasteiger partial charge in [0.1, 0.15) is 5.75 Å². The van der Waals surface area contributed by atoms with Crippen molar-refractivity contribution in [2.45, 2.75) is 71.1 Å². The van der Waals surface area contributed by atoms with E-state index in [0.717, 1.165) is 22.4 Å². The van der Waals surface area contributed by atoms with Crippen molar-refractivity contribution in [3.8, 4) is 23.0 Å². The van der Waals surface area contributed by atoms with Crippen LogP contribution in [0.2, 0.25) is 5.04 Å². The predicted octanol–water partition coefficient (Wildman–Crippen LogP) is 7.86. The maximum Gasteiger partial charge on any atom is 0.261 e. The highest BCUT2D eigenvalue weighted by molar-refractivity contribution is 6.99. The van der Waals surface area contributed by atoms with Crippen LogP contribution in [0.1, 0.15) is 76.4 Å². The topological polar surface area (TPSA) is 67.9 Å². The van der Waals surface area contributed by atoms with Crippen LogP contribution in [0.25, 0.3) is 0 Å². The average molecular weight is 714 g/mol. The molecular weight excluding hydrogens is 659 g/mol. The minimum absolute atomic E-state index is 0.163. The Morgan fingerprint density at radius 3 is 1.71 bits per heavy atom. The van der Waals surface area contributed by atoms with Crippen molar-refractivity contribution in [3.05, 3.63) is 108 Å². The molecule has 4 aromatic carbocycles. The number of methoxy groups -OCH3 is 4. The first kappa shape index (κ1) is 38.4. The summed E-state index contributed by atoms with van der Waals surface area (Å²) in [6, 6.07) is 31.5. The molecule has 51 heavy (non-hydrogen) atoms. The Labute approximate surface area is 305 Å². The molecule has 8 nitrogen and oxygen atoms in total. The second-order valence-corrected chi connectivity index (χ2v) is 18.0. The highest BCUT2D eigenvalue weighted by atomic mass is 28.4. The van der Waals surface area contributed by atoms with E-state index in [1.54, 1.807) is 28.4 Å². The Bertz CT molecular complexity index is 1650. The molecule has 0 fully saturated rings. The van der Waals surface area contributed by atoms with Gasteiger partial charge in [-0.05, 0) is 65.5 Å². The summed E-state index contributed by atoms with van der Waals surface area (Å²) >= 11 is 0. The fourth-order valence-electron chi connectivity index (χ4n) is 7.76. The van der Waals surface area contributed by atoms with Gasteiger partial charge in [0.25, 0.3) is 8.32 Å². The summed E-state index contributed by atoms with van der Waals surface area (Å²) in [7, 11) is 3.56. The maximum atomic E-state index is 8.15. The van der Waals surface area contributed by atoms with E-state index < -0.39 is 20.7 Å². The van der Waals surface area contributed by atoms with E-state index in [1.807, 2.05) is 26.0 Å². The van der Waals surface area contributed by atoms with Crippen LogP contribution in [-0.4, -0.2) is 67.7 Å². The van der Waals surface area contributed by atoms with Crippen LogP contribution in [0.15, 0.2) is 91.0 Å². The van der Waals surface area contributed by atoms with Gasteiger partial charge in [-0.25, -0.2) is 0 Å². The summed E-state index contributed by atoms with van der Waals surface area (Å²) in [4.78, 5) is 2.44. The molecule has 0 amide bonds. The summed E-state index contributed by atoms with van der Waals surface area (Å²) in [6.07, 6.45) is -0.960. The van der Waals surface area contributed by atoms with Crippen LogP contribution in [0.3, 0.4) is 0 Å². The van der Waals surface area contributed by atoms with Crippen molar-refractivity contribution in [1.29, 1.82) is 0 Å². The number of nitrogens with zero attached hydrogens (tertiary/aromatic N) is 1. The van der Waals surface area contributed by atoms with Crippen molar-refractivity contribution in [2.24, 2.45) is 0 Å². The van der Waals surface area contributed by atoms with Crippen molar-refractivity contribution in [1.82, 2.24) is 4.90 Å². The van der Waals surface area contributed by atoms with Crippen molar-refractivity contribution < 1.29 is 32.8 Å². The van der Waals surface area contributed by atoms with Gasteiger partial charge < -0.3 is 32.8 Å². The molecule has 0 radical (unpaired) electrons. The lowest BCUT2D eigenvalue weighted by molar-refractivity contribution is -0.161. The first-order valence-corrected chi connectivity index (χ1v) is 19.7. The number of fused-ring (bicyclic) bond motifs is 1. The van der Waals surface area contributed by atoms with Crippen LogP contribution in [0.4, 0.5) is 0 Å². The third-order valence-electron chi connectivity index (χ3n) is 10.0. The lowest BCUT2D eigenvalue weighted by atomic mass is 9.82. The van der Waals surface area contributed by atoms with Gasteiger partial charge in [0.05, 0.1) is 47.1 Å². The zero-order valence-electron chi connectivity index (χ0n) is 31.9. The summed E-state index contributed by atoms with van der Waals surface area (Å²) in [5.74, 6) is 2.54. The number of hydrogen-bond acceptors (Lipinski definition) is 8. The smallest absolute Gasteiger partial charge is 0.261 e. The molecule has 0 saturated heterocycles. The number of ether oxygens (including phenoxy) is 6. The summed E-state index contributed by atoms with van der Waals surface area (Å²) in [5, 5.41) is 2.10. The molecule has 4 aromatic rings. The lowest BCUT2D eigenvalue weighted by Crippen LogP contribution is -2.67. The zero-order valence-corrected chi connectivity index (χ0v) is 32.9. The van der Waals surface area contributed by atoms with E-state index in [2.05, 4.69) is 111 Å². The highest BCUT2D eigenvalue weighted by Gasteiger charge is 2.55. The third kappa shape index (κ3) is 7.41. The SMILES string of the molecule is CCOC(CN1[C@H](C)c2c(cc(OC)c(OC)c2OC)[C@@H](O[Si](c2ccccc2)(c2ccccc2)C(C)(C)C)[C@@H]1c1ccc(OC)cc1)OCC. The normalized spacial score (nSPS) is 18.0. The molecule has 0 N–H and O–H groups in total. The van der Waals surface area contributed by atoms with E-state index in [0.29, 0.717) is 37.0 Å². The first-order valence-electron chi connectivity index (χ1n) is 17.8. The fourth-order valence-corrected chi connectivity index (χ4v) is 12.4. The van der Waals surface area contributed by atoms with E-state index >= 15 is 0 Å². The Kier molecular flexibility index (Phi) is 12.5. The molecule has 0 aromatic heterocycles. The van der Waals surface area contributed by atoms with Crippen molar-refractivity contribution in [3.63, 3.8) is 0 Å². The summed E-state index contributed by atoms with van der Waals surface area (Å²) in [6.45, 7) is 14.6. The molecule has 1 heterocycles. The average Bonchev–Trinajstić information content (AvgIpc) is 3.14. The highest BCUT2D eigenvalue weighted by Crippen LogP contribution is 2.57. The Morgan fingerprint density at radius 1 is 0.706 bits per heavy atom. The summed E-state index contributed by atoms with van der Waals surface area (Å²) < 4.78 is 44.4. The maximum absolute atomic E-state index is 8.15. The van der Waals surface area contributed by atoms with E-state index in [9.17, 15) is 0 Å². The Balaban J connectivity index is 1.90. The Morgan fingerprint density at radius 2 is 1.25 bits per heavy atom. The second-order valence-electron chi connectivity index (χ2n) is 13.8. The van der Waals surface area contributed by atoms with E-state index in [4.69, 9.17) is 32.8 Å². The first-order chi connectivity index (χ1) is 24.6. The largest absolute Gasteiger partial charge is 0.497 e. The minimum atomic E-state index is -3.12. The van der Waals surface area contributed by atoms with Crippen LogP contribution in [-0.2, 0) is 13.9 Å². The summed E-state index contributed by atoms with van der Waals surface area (Å²) in [5.41, 5.74) is 3.05. The molecule has 0 saturated carbocycles. The van der Waals surface area contributed by atoms with Crippen molar-refractivity contribution >= 4 is 18.7 Å². The number of rotatable bonds is 15. The van der Waals surface area contributed by atoms with Gasteiger partial charge >= 0.3 is 0 Å². The molecule has 1 aliphatic rings. The standard InChI is InChI=1S/C42H55NO7Si/c1-11-48-36(49-12-2)28-43-29(3)37-34(27-35(45-8)40(46-9)41(37)47-10)39(38(43)30-23-25-31(44-7)26-24-30)50-51(42(4,5)6,32-19-15-13-16-20-32)33-21-17-14-18-22-33/h13-27,29,36,38-39H,11-12,28H2,1-10H3/t29-,38+,39-/m1/s1. The fraction of sp³-hybridized carbons (Fsp3) is 0.429. The number of benzene rings is 4. The van der Waals surface area contributed by atoms with E-state index in [1.165, 1.54) is 10.4 Å². The van der Waals surface area contributed by atoms with Crippen LogP contribution < -0.4 is 29.3 Å². The van der Waals surface area contributed by atoms with Crippen LogP contribution in [0.5, 0.6) is 23.0 Å². The van der Waals surface area contributed by atoms with Gasteiger partial charge in [-0.15, -0.1) is 0 Å². The quantitative estimate of drug-likeness (QED) is 0.0912. The molecule has 9 heteroatoms. The van der Waals surface area contributed by atoms with Gasteiger partial charge in [-0.2, -0.15) is 0 Å². The van der Waals surface area contributed by atoms with Crippen molar-refractivity contribution in [2.75, 3.05) is 48.2 Å². The molecule has 0 spiro atoms. The second kappa shape index (κ2) is 16.6. The van der Waals surface area contributed by atoms with Gasteiger partial charge in [-0.1, -0.05) is 93.6 Å². The molecular formula is C42H55NO7Si. The molecule has 3 atom stereocenters. The lowest BCUT2D eigenvalue weighted by Gasteiger charge is -2.52. The molecule has 1 aliphatic heterocycles. The molecule has 0 unspecified atom stereocenters. The molecule has 0 aliphatic carbocycles. The Hall–Kier alpha value is -3.86. The van der Waals surface area contributed by atoms with Gasteiger partial charge in [0.2, 0.25) is 5.75 Å². The third-order valence-corrected chi connectivity index (χ3v) is 15.0. The molecule has 5 rings (SSSR count). The molecule has 0 bridgehead atoms. The monoisotopic (exact) mass is 713 g/mol. The minimum Gasteiger partial charge on any atom is -0.497 e. The van der Waals surface area contributed by atoms with Gasteiger partial charge in [0.15, 0.2) is 17.8 Å². The number of hydrogen-bond donors (Lipinski definition) is 0. The van der Waals surface area contributed by atoms with Crippen LogP contribution in [0, 0.1) is 0 Å². The zero-order chi connectivity index (χ0) is 36.8. The van der Waals surface area contributed by atoms with E-state index in [-0.39, 0.29) is 17.1 Å². The molecule has 274 valence electrons. The van der Waals surface area contributed by atoms with Crippen LogP contribution >= 0.6 is 0 Å².